The summed E-state index contributed by atoms with van der Waals surface area (Å²) >= 11 is 0. The summed E-state index contributed by atoms with van der Waals surface area (Å²) in [4.78, 5) is 13.2. The van der Waals surface area contributed by atoms with Crippen LogP contribution in [-0.4, -0.2) is 35.0 Å². The molecule has 49 heavy (non-hydrogen) atoms. The lowest BCUT2D eigenvalue weighted by Gasteiger charge is -2.70. The van der Waals surface area contributed by atoms with Crippen molar-refractivity contribution in [2.45, 2.75) is 233 Å². The van der Waals surface area contributed by atoms with E-state index < -0.39 is 5.60 Å². The van der Waals surface area contributed by atoms with Gasteiger partial charge in [-0.15, -0.1) is 0 Å². The van der Waals surface area contributed by atoms with Gasteiger partial charge in [0.25, 0.3) is 0 Å². The van der Waals surface area contributed by atoms with E-state index in [1.54, 1.807) is 0 Å². The number of aliphatic hydroxyl groups is 1. The first kappa shape index (κ1) is 39.6. The fourth-order valence-electron chi connectivity index (χ4n) is 13.4. The quantitative estimate of drug-likeness (QED) is 0.122. The molecular weight excluding hydrogens is 604 g/mol. The minimum Gasteiger partial charge on any atom is -0.462 e. The van der Waals surface area contributed by atoms with Crippen LogP contribution in [0.2, 0.25) is 0 Å². The SMILES string of the molecule is CCCCCCCCCCCCCCCC(=O)OC1CCC2(C)C(CCC3(C)C2CCC2C(C4CCC(C(C)(C)O)O4)CCC23C)C1(C)C. The molecule has 4 heteroatoms. The number of carbonyl (C=O) groups excluding carboxylic acids is 1. The molecule has 5 fully saturated rings. The summed E-state index contributed by atoms with van der Waals surface area (Å²) in [5, 5.41) is 10.7. The van der Waals surface area contributed by atoms with Crippen LogP contribution in [0.1, 0.15) is 209 Å². The minimum absolute atomic E-state index is 0.0136. The highest BCUT2D eigenvalue weighted by atomic mass is 16.5. The highest BCUT2D eigenvalue weighted by Crippen LogP contribution is 2.75. The Labute approximate surface area is 303 Å². The first-order chi connectivity index (χ1) is 23.2. The number of carbonyl (C=O) groups is 1. The second-order valence-electron chi connectivity index (χ2n) is 20.1. The molecule has 4 saturated carbocycles. The predicted molar refractivity (Wildman–Crippen MR) is 203 cm³/mol. The Kier molecular flexibility index (Phi) is 13.1. The zero-order chi connectivity index (χ0) is 35.5. The highest BCUT2D eigenvalue weighted by molar-refractivity contribution is 5.69. The maximum absolute atomic E-state index is 13.2. The van der Waals surface area contributed by atoms with Gasteiger partial charge in [-0.2, -0.15) is 0 Å². The first-order valence-corrected chi connectivity index (χ1v) is 21.8. The van der Waals surface area contributed by atoms with E-state index in [9.17, 15) is 9.90 Å². The molecular formula is C45H80O4. The van der Waals surface area contributed by atoms with E-state index in [4.69, 9.17) is 9.47 Å². The van der Waals surface area contributed by atoms with Crippen LogP contribution in [0, 0.1) is 45.3 Å². The van der Waals surface area contributed by atoms with E-state index in [-0.39, 0.29) is 23.6 Å². The van der Waals surface area contributed by atoms with Crippen LogP contribution in [-0.2, 0) is 14.3 Å². The van der Waals surface area contributed by atoms with Gasteiger partial charge in [0.2, 0.25) is 0 Å². The van der Waals surface area contributed by atoms with Crippen molar-refractivity contribution >= 4 is 5.97 Å². The van der Waals surface area contributed by atoms with Crippen molar-refractivity contribution in [2.75, 3.05) is 0 Å². The van der Waals surface area contributed by atoms with Crippen LogP contribution in [0.15, 0.2) is 0 Å². The molecule has 0 radical (unpaired) electrons. The molecule has 0 spiro atoms. The van der Waals surface area contributed by atoms with Crippen LogP contribution in [0.3, 0.4) is 0 Å². The number of hydrogen-bond acceptors (Lipinski definition) is 4. The van der Waals surface area contributed by atoms with Gasteiger partial charge in [0.15, 0.2) is 0 Å². The van der Waals surface area contributed by atoms with Gasteiger partial charge in [-0.1, -0.05) is 119 Å². The summed E-state index contributed by atoms with van der Waals surface area (Å²) in [7, 11) is 0. The lowest BCUT2D eigenvalue weighted by molar-refractivity contribution is -0.229. The van der Waals surface area contributed by atoms with Crippen molar-refractivity contribution in [2.24, 2.45) is 45.3 Å². The fraction of sp³-hybridized carbons (Fsp3) is 0.978. The number of unbranched alkanes of at least 4 members (excludes halogenated alkanes) is 12. The Bertz CT molecular complexity index is 1060. The van der Waals surface area contributed by atoms with Crippen LogP contribution < -0.4 is 0 Å². The largest absolute Gasteiger partial charge is 0.462 e. The second kappa shape index (κ2) is 16.2. The lowest BCUT2D eigenvalue weighted by Crippen LogP contribution is -2.64. The highest BCUT2D eigenvalue weighted by Gasteiger charge is 2.69. The van der Waals surface area contributed by atoms with E-state index >= 15 is 0 Å². The molecule has 0 aromatic rings. The molecule has 1 N–H and O–H groups in total. The van der Waals surface area contributed by atoms with Crippen LogP contribution in [0.25, 0.3) is 0 Å². The Balaban J connectivity index is 1.08. The average molecular weight is 685 g/mol. The van der Waals surface area contributed by atoms with Gasteiger partial charge in [-0.25, -0.2) is 0 Å². The van der Waals surface area contributed by atoms with Gasteiger partial charge < -0.3 is 14.6 Å². The van der Waals surface area contributed by atoms with Gasteiger partial charge in [-0.3, -0.25) is 4.79 Å². The molecule has 0 bridgehead atoms. The topological polar surface area (TPSA) is 55.8 Å². The summed E-state index contributed by atoms with van der Waals surface area (Å²) in [6.07, 6.45) is 30.4. The van der Waals surface area contributed by atoms with E-state index in [1.165, 1.54) is 116 Å². The Hall–Kier alpha value is -0.610. The van der Waals surface area contributed by atoms with Crippen molar-refractivity contribution in [3.05, 3.63) is 0 Å². The molecule has 0 aromatic carbocycles. The maximum atomic E-state index is 13.2. The summed E-state index contributed by atoms with van der Waals surface area (Å²) in [6.45, 7) is 19.0. The number of rotatable bonds is 17. The first-order valence-electron chi connectivity index (χ1n) is 21.8. The average Bonchev–Trinajstić information content (AvgIpc) is 3.67. The smallest absolute Gasteiger partial charge is 0.306 e. The molecule has 5 aliphatic rings. The Morgan fingerprint density at radius 1 is 0.694 bits per heavy atom. The number of ether oxygens (including phenoxy) is 2. The number of fused-ring (bicyclic) bond motifs is 5. The molecule has 5 rings (SSSR count). The molecule has 4 aliphatic carbocycles. The molecule has 1 aliphatic heterocycles. The molecule has 284 valence electrons. The normalized spacial score (nSPS) is 40.1. The zero-order valence-corrected chi connectivity index (χ0v) is 33.7. The van der Waals surface area contributed by atoms with Crippen LogP contribution >= 0.6 is 0 Å². The molecule has 0 amide bonds. The van der Waals surface area contributed by atoms with Gasteiger partial charge >= 0.3 is 5.97 Å². The molecule has 4 nitrogen and oxygen atoms in total. The van der Waals surface area contributed by atoms with E-state index in [1.807, 2.05) is 13.8 Å². The van der Waals surface area contributed by atoms with Crippen molar-refractivity contribution in [3.8, 4) is 0 Å². The summed E-state index contributed by atoms with van der Waals surface area (Å²) in [6, 6.07) is 0. The van der Waals surface area contributed by atoms with Crippen LogP contribution in [0.5, 0.6) is 0 Å². The molecule has 1 saturated heterocycles. The molecule has 1 heterocycles. The number of esters is 1. The van der Waals surface area contributed by atoms with Crippen molar-refractivity contribution in [1.29, 1.82) is 0 Å². The lowest BCUT2D eigenvalue weighted by atomic mass is 9.35. The minimum atomic E-state index is -0.751. The maximum Gasteiger partial charge on any atom is 0.306 e. The third-order valence-corrected chi connectivity index (χ3v) is 16.5. The second-order valence-corrected chi connectivity index (χ2v) is 20.1. The van der Waals surface area contributed by atoms with Gasteiger partial charge in [-0.05, 0) is 124 Å². The Morgan fingerprint density at radius 3 is 1.88 bits per heavy atom. The van der Waals surface area contributed by atoms with E-state index in [0.29, 0.717) is 40.6 Å². The summed E-state index contributed by atoms with van der Waals surface area (Å²) < 4.78 is 13.0. The summed E-state index contributed by atoms with van der Waals surface area (Å²) in [5.74, 6) is 2.76. The van der Waals surface area contributed by atoms with Gasteiger partial charge in [0, 0.05) is 11.8 Å². The van der Waals surface area contributed by atoms with Gasteiger partial charge in [0.1, 0.15) is 6.10 Å². The van der Waals surface area contributed by atoms with E-state index in [0.717, 1.165) is 43.9 Å². The van der Waals surface area contributed by atoms with Gasteiger partial charge in [0.05, 0.1) is 17.8 Å². The van der Waals surface area contributed by atoms with Crippen molar-refractivity contribution < 1.29 is 19.4 Å². The van der Waals surface area contributed by atoms with Crippen molar-refractivity contribution in [1.82, 2.24) is 0 Å². The monoisotopic (exact) mass is 685 g/mol. The zero-order valence-electron chi connectivity index (χ0n) is 33.7. The van der Waals surface area contributed by atoms with Crippen molar-refractivity contribution in [3.63, 3.8) is 0 Å². The predicted octanol–water partition coefficient (Wildman–Crippen LogP) is 12.4. The van der Waals surface area contributed by atoms with Crippen LogP contribution in [0.4, 0.5) is 0 Å². The third-order valence-electron chi connectivity index (χ3n) is 16.5. The van der Waals surface area contributed by atoms with E-state index in [2.05, 4.69) is 41.5 Å². The standard InChI is InChI=1S/C45H80O4/c1-9-10-11-12-13-14-15-16-17-18-19-20-21-22-40(46)49-38-29-30-43(6)36(41(38,2)3)28-32-45(8)37(43)25-23-34-33(27-31-44(34,45)7)35-24-26-39(48-35)42(4,5)47/h33-39,47H,9-32H2,1-8H3. The molecule has 10 unspecified atom stereocenters. The molecule has 10 atom stereocenters. The molecule has 0 aromatic heterocycles. The third kappa shape index (κ3) is 8.16. The fourth-order valence-corrected chi connectivity index (χ4v) is 13.4. The Morgan fingerprint density at radius 2 is 1.29 bits per heavy atom. The number of hydrogen-bond donors (Lipinski definition) is 1. The summed E-state index contributed by atoms with van der Waals surface area (Å²) in [5.41, 5.74) is 0.264.